The van der Waals surface area contributed by atoms with Crippen LogP contribution in [-0.2, 0) is 16.1 Å². The first-order valence-electron chi connectivity index (χ1n) is 10.0. The van der Waals surface area contributed by atoms with Gasteiger partial charge < -0.3 is 15.8 Å². The molecule has 6 nitrogen and oxygen atoms in total. The monoisotopic (exact) mass is 405 g/mol. The number of ether oxygens (including phenoxy) is 1. The summed E-state index contributed by atoms with van der Waals surface area (Å²) in [5.74, 6) is 5.29. The van der Waals surface area contributed by atoms with E-state index in [1.807, 2.05) is 12.1 Å². The first-order chi connectivity index (χ1) is 14.5. The van der Waals surface area contributed by atoms with E-state index in [1.54, 1.807) is 31.2 Å². The third-order valence-corrected chi connectivity index (χ3v) is 5.07. The fourth-order valence-corrected chi connectivity index (χ4v) is 3.10. The molecule has 1 heterocycles. The van der Waals surface area contributed by atoms with Crippen LogP contribution in [0.1, 0.15) is 40.4 Å². The molecule has 0 unspecified atom stereocenters. The topological polar surface area (TPSA) is 84.7 Å². The molecule has 0 radical (unpaired) electrons. The fourth-order valence-electron chi connectivity index (χ4n) is 3.10. The van der Waals surface area contributed by atoms with Gasteiger partial charge in [-0.15, -0.1) is 0 Å². The number of nitrogens with one attached hydrogen (secondary N) is 1. The molecule has 1 saturated heterocycles. The van der Waals surface area contributed by atoms with Crippen molar-refractivity contribution in [1.29, 1.82) is 0 Å². The van der Waals surface area contributed by atoms with E-state index < -0.39 is 18.1 Å². The lowest BCUT2D eigenvalue weighted by molar-refractivity contribution is -0.143. The summed E-state index contributed by atoms with van der Waals surface area (Å²) in [4.78, 5) is 26.6. The Bertz CT molecular complexity index is 936. The van der Waals surface area contributed by atoms with Crippen molar-refractivity contribution in [3.05, 3.63) is 70.8 Å². The zero-order valence-corrected chi connectivity index (χ0v) is 17.4. The lowest BCUT2D eigenvalue weighted by Crippen LogP contribution is -2.51. The van der Waals surface area contributed by atoms with Crippen molar-refractivity contribution in [2.24, 2.45) is 5.73 Å². The molecular weight excluding hydrogens is 378 g/mol. The van der Waals surface area contributed by atoms with Crippen LogP contribution in [0, 0.1) is 11.8 Å². The molecule has 0 aromatic heterocycles. The van der Waals surface area contributed by atoms with E-state index >= 15 is 0 Å². The Morgan fingerprint density at radius 3 is 2.10 bits per heavy atom. The van der Waals surface area contributed by atoms with E-state index in [-0.39, 0.29) is 5.91 Å². The van der Waals surface area contributed by atoms with Crippen LogP contribution in [0.2, 0.25) is 0 Å². The molecule has 3 rings (SSSR count). The molecule has 2 atom stereocenters. The zero-order chi connectivity index (χ0) is 21.5. The van der Waals surface area contributed by atoms with E-state index in [1.165, 1.54) is 32.2 Å². The van der Waals surface area contributed by atoms with Crippen molar-refractivity contribution in [3.8, 4) is 11.8 Å². The van der Waals surface area contributed by atoms with Crippen LogP contribution in [-0.4, -0.2) is 49.1 Å². The average Bonchev–Trinajstić information content (AvgIpc) is 2.73. The highest BCUT2D eigenvalue weighted by Gasteiger charge is 2.25. The Morgan fingerprint density at radius 2 is 1.63 bits per heavy atom. The second-order valence-electron chi connectivity index (χ2n) is 7.49. The highest BCUT2D eigenvalue weighted by atomic mass is 16.5. The number of carbonyl (C=O) groups excluding carboxylic acids is 2. The predicted molar refractivity (Wildman–Crippen MR) is 116 cm³/mol. The van der Waals surface area contributed by atoms with Gasteiger partial charge in [0.15, 0.2) is 0 Å². The summed E-state index contributed by atoms with van der Waals surface area (Å²) in [5.41, 5.74) is 9.23. The first-order valence-corrected chi connectivity index (χ1v) is 10.0. The highest BCUT2D eigenvalue weighted by Crippen LogP contribution is 2.13. The van der Waals surface area contributed by atoms with Gasteiger partial charge in [0, 0.05) is 29.3 Å². The fraction of sp³-hybridized carbons (Fsp3) is 0.333. The van der Waals surface area contributed by atoms with Crippen LogP contribution in [0.25, 0.3) is 0 Å². The standard InChI is InChI=1S/C24H27N3O3/c1-17(25)22(24(29)30-2)26-23(28)21-12-10-19(11-13-21)5-4-18-6-8-20(9-7-18)16-27-14-3-15-27/h6-13,17,22H,3,14-16,25H2,1-2H3,(H,26,28)/t17-,22+/m1/s1. The van der Waals surface area contributed by atoms with E-state index in [9.17, 15) is 9.59 Å². The van der Waals surface area contributed by atoms with E-state index in [0.29, 0.717) is 5.56 Å². The van der Waals surface area contributed by atoms with Gasteiger partial charge in [-0.1, -0.05) is 24.0 Å². The van der Waals surface area contributed by atoms with Gasteiger partial charge in [-0.3, -0.25) is 9.69 Å². The quantitative estimate of drug-likeness (QED) is 0.567. The highest BCUT2D eigenvalue weighted by molar-refractivity contribution is 5.97. The van der Waals surface area contributed by atoms with Gasteiger partial charge in [0.25, 0.3) is 5.91 Å². The van der Waals surface area contributed by atoms with Crippen molar-refractivity contribution in [2.75, 3.05) is 20.2 Å². The maximum absolute atomic E-state index is 12.4. The van der Waals surface area contributed by atoms with E-state index in [0.717, 1.165) is 17.7 Å². The van der Waals surface area contributed by atoms with Crippen molar-refractivity contribution in [2.45, 2.75) is 32.0 Å². The van der Waals surface area contributed by atoms with Gasteiger partial charge in [-0.25, -0.2) is 4.79 Å². The Kier molecular flexibility index (Phi) is 7.23. The van der Waals surface area contributed by atoms with Gasteiger partial charge in [-0.2, -0.15) is 0 Å². The Labute approximate surface area is 177 Å². The molecule has 0 bridgehead atoms. The average molecular weight is 405 g/mol. The maximum Gasteiger partial charge on any atom is 0.329 e. The van der Waals surface area contributed by atoms with Crippen molar-refractivity contribution in [1.82, 2.24) is 10.2 Å². The van der Waals surface area contributed by atoms with Crippen LogP contribution in [0.4, 0.5) is 0 Å². The molecule has 1 aliphatic rings. The van der Waals surface area contributed by atoms with Gasteiger partial charge >= 0.3 is 5.97 Å². The predicted octanol–water partition coefficient (Wildman–Crippen LogP) is 1.91. The Balaban J connectivity index is 1.60. The molecular formula is C24H27N3O3. The summed E-state index contributed by atoms with van der Waals surface area (Å²) in [6, 6.07) is 13.7. The third-order valence-electron chi connectivity index (χ3n) is 5.07. The van der Waals surface area contributed by atoms with Crippen molar-refractivity contribution in [3.63, 3.8) is 0 Å². The molecule has 1 fully saturated rings. The smallest absolute Gasteiger partial charge is 0.329 e. The van der Waals surface area contributed by atoms with Gasteiger partial charge in [0.05, 0.1) is 7.11 Å². The SMILES string of the molecule is COC(=O)[C@@H](NC(=O)c1ccc(C#Cc2ccc(CN3CCC3)cc2)cc1)[C@@H](C)N. The number of rotatable bonds is 6. The number of likely N-dealkylation sites (tertiary alicyclic amines) is 1. The van der Waals surface area contributed by atoms with Crippen LogP contribution < -0.4 is 11.1 Å². The zero-order valence-electron chi connectivity index (χ0n) is 17.4. The molecule has 0 spiro atoms. The number of hydrogen-bond acceptors (Lipinski definition) is 5. The minimum absolute atomic E-state index is 0.389. The summed E-state index contributed by atoms with van der Waals surface area (Å²) >= 11 is 0. The molecule has 0 saturated carbocycles. The van der Waals surface area contributed by atoms with Gasteiger partial charge in [0.2, 0.25) is 0 Å². The van der Waals surface area contributed by atoms with Crippen LogP contribution in [0.15, 0.2) is 48.5 Å². The molecule has 156 valence electrons. The lowest BCUT2D eigenvalue weighted by atomic mass is 10.1. The van der Waals surface area contributed by atoms with Gasteiger partial charge in [0.1, 0.15) is 6.04 Å². The van der Waals surface area contributed by atoms with Crippen LogP contribution in [0.3, 0.4) is 0 Å². The normalized spacial score (nSPS) is 15.2. The van der Waals surface area contributed by atoms with Gasteiger partial charge in [-0.05, 0) is 68.4 Å². The molecule has 1 amide bonds. The number of hydrogen-bond donors (Lipinski definition) is 2. The number of carbonyl (C=O) groups is 2. The molecule has 6 heteroatoms. The minimum atomic E-state index is -0.897. The molecule has 2 aromatic carbocycles. The van der Waals surface area contributed by atoms with Crippen molar-refractivity contribution >= 4 is 11.9 Å². The summed E-state index contributed by atoms with van der Waals surface area (Å²) < 4.78 is 4.68. The maximum atomic E-state index is 12.4. The summed E-state index contributed by atoms with van der Waals surface area (Å²) in [5, 5.41) is 2.61. The van der Waals surface area contributed by atoms with Crippen LogP contribution in [0.5, 0.6) is 0 Å². The number of esters is 1. The largest absolute Gasteiger partial charge is 0.467 e. The van der Waals surface area contributed by atoms with Crippen molar-refractivity contribution < 1.29 is 14.3 Å². The van der Waals surface area contributed by atoms with Crippen LogP contribution >= 0.6 is 0 Å². The minimum Gasteiger partial charge on any atom is -0.467 e. The molecule has 2 aromatic rings. The Hall–Kier alpha value is -3.14. The second kappa shape index (κ2) is 10.1. The number of benzene rings is 2. The number of nitrogens with zero attached hydrogens (tertiary/aromatic N) is 1. The second-order valence-corrected chi connectivity index (χ2v) is 7.49. The summed E-state index contributed by atoms with van der Waals surface area (Å²) in [6.45, 7) is 5.00. The van der Waals surface area contributed by atoms with E-state index in [2.05, 4.69) is 38.9 Å². The summed E-state index contributed by atoms with van der Waals surface area (Å²) in [6.07, 6.45) is 1.29. The first kappa shape index (κ1) is 21.6. The number of methoxy groups -OCH3 is 1. The number of nitrogens with two attached hydrogens (primary N) is 1. The molecule has 3 N–H and O–H groups in total. The molecule has 30 heavy (non-hydrogen) atoms. The third kappa shape index (κ3) is 5.69. The lowest BCUT2D eigenvalue weighted by Gasteiger charge is -2.30. The van der Waals surface area contributed by atoms with E-state index in [4.69, 9.17) is 5.73 Å². The number of amides is 1. The molecule has 1 aliphatic heterocycles. The summed E-state index contributed by atoms with van der Waals surface area (Å²) in [7, 11) is 1.26. The Morgan fingerprint density at radius 1 is 1.07 bits per heavy atom. The molecule has 0 aliphatic carbocycles.